The minimum absolute atomic E-state index is 0.0116. The molecule has 3 heteroatoms. The zero-order chi connectivity index (χ0) is 12.7. The van der Waals surface area contributed by atoms with Gasteiger partial charge in [-0.1, -0.05) is 24.3 Å². The summed E-state index contributed by atoms with van der Waals surface area (Å²) in [5.74, 6) is 2.50. The number of nitrogens with two attached hydrogens (primary N) is 1. The zero-order valence-electron chi connectivity index (χ0n) is 10.1. The summed E-state index contributed by atoms with van der Waals surface area (Å²) in [6, 6.07) is 7.70. The Morgan fingerprint density at radius 1 is 1.47 bits per heavy atom. The first-order valence-corrected chi connectivity index (χ1v) is 5.67. The lowest BCUT2D eigenvalue weighted by atomic mass is 10.0. The first-order chi connectivity index (χ1) is 8.17. The molecule has 0 saturated heterocycles. The van der Waals surface area contributed by atoms with E-state index in [-0.39, 0.29) is 11.9 Å². The topological polar surface area (TPSA) is 55.1 Å². The fourth-order valence-electron chi connectivity index (χ4n) is 1.66. The maximum atomic E-state index is 11.7. The van der Waals surface area contributed by atoms with E-state index in [1.807, 2.05) is 31.2 Å². The van der Waals surface area contributed by atoms with Crippen LogP contribution < -0.4 is 11.1 Å². The Bertz CT molecular complexity index is 420. The molecule has 1 aromatic carbocycles. The summed E-state index contributed by atoms with van der Waals surface area (Å²) in [7, 11) is 0. The van der Waals surface area contributed by atoms with Crippen LogP contribution in [0.2, 0.25) is 0 Å². The van der Waals surface area contributed by atoms with E-state index in [0.29, 0.717) is 19.4 Å². The number of terminal acetylenes is 1. The van der Waals surface area contributed by atoms with E-state index in [1.54, 1.807) is 0 Å². The Kier molecular flexibility index (Phi) is 5.25. The molecule has 90 valence electrons. The molecule has 1 rings (SSSR count). The van der Waals surface area contributed by atoms with E-state index in [1.165, 1.54) is 0 Å². The van der Waals surface area contributed by atoms with Crippen LogP contribution in [0.4, 0.5) is 0 Å². The van der Waals surface area contributed by atoms with Crippen LogP contribution in [0.3, 0.4) is 0 Å². The maximum Gasteiger partial charge on any atom is 0.224 e. The molecule has 1 aromatic rings. The molecule has 1 unspecified atom stereocenters. The van der Waals surface area contributed by atoms with Gasteiger partial charge in [0.25, 0.3) is 0 Å². The largest absolute Gasteiger partial charge is 0.352 e. The normalized spacial score (nSPS) is 11.6. The summed E-state index contributed by atoms with van der Waals surface area (Å²) in [6.45, 7) is 2.34. The van der Waals surface area contributed by atoms with Crippen LogP contribution in [0, 0.1) is 12.3 Å². The van der Waals surface area contributed by atoms with Gasteiger partial charge in [0, 0.05) is 19.0 Å². The Labute approximate surface area is 102 Å². The van der Waals surface area contributed by atoms with Crippen molar-refractivity contribution in [2.75, 3.05) is 0 Å². The fourth-order valence-corrected chi connectivity index (χ4v) is 1.66. The molecule has 0 fully saturated rings. The smallest absolute Gasteiger partial charge is 0.224 e. The average Bonchev–Trinajstić information content (AvgIpc) is 2.29. The average molecular weight is 230 g/mol. The number of rotatable bonds is 5. The molecule has 0 heterocycles. The summed E-state index contributed by atoms with van der Waals surface area (Å²) in [5, 5.41) is 2.86. The van der Waals surface area contributed by atoms with Crippen LogP contribution in [0.15, 0.2) is 24.3 Å². The molecule has 1 amide bonds. The van der Waals surface area contributed by atoms with Gasteiger partial charge in [0.2, 0.25) is 5.91 Å². The highest BCUT2D eigenvalue weighted by molar-refractivity contribution is 5.79. The van der Waals surface area contributed by atoms with Crippen molar-refractivity contribution in [2.45, 2.75) is 32.4 Å². The predicted octanol–water partition coefficient (Wildman–Crippen LogP) is 1.22. The van der Waals surface area contributed by atoms with Crippen molar-refractivity contribution in [1.29, 1.82) is 0 Å². The number of carbonyl (C=O) groups excluding carboxylic acids is 1. The maximum absolute atomic E-state index is 11.7. The molecule has 0 aromatic heterocycles. The van der Waals surface area contributed by atoms with Crippen molar-refractivity contribution >= 4 is 5.91 Å². The van der Waals surface area contributed by atoms with Crippen LogP contribution in [-0.2, 0) is 17.8 Å². The van der Waals surface area contributed by atoms with Gasteiger partial charge in [-0.3, -0.25) is 4.79 Å². The van der Waals surface area contributed by atoms with Gasteiger partial charge in [-0.25, -0.2) is 0 Å². The monoisotopic (exact) mass is 230 g/mol. The molecule has 0 aliphatic rings. The van der Waals surface area contributed by atoms with Crippen LogP contribution in [-0.4, -0.2) is 11.9 Å². The molecular formula is C14H18N2O. The van der Waals surface area contributed by atoms with Gasteiger partial charge in [0.15, 0.2) is 0 Å². The first kappa shape index (κ1) is 13.3. The lowest BCUT2D eigenvalue weighted by molar-refractivity contribution is -0.121. The van der Waals surface area contributed by atoms with E-state index < -0.39 is 0 Å². The van der Waals surface area contributed by atoms with Crippen molar-refractivity contribution in [3.8, 4) is 12.3 Å². The number of nitrogens with one attached hydrogen (secondary N) is 1. The van der Waals surface area contributed by atoms with Gasteiger partial charge in [-0.05, 0) is 18.1 Å². The van der Waals surface area contributed by atoms with Crippen molar-refractivity contribution in [3.63, 3.8) is 0 Å². The van der Waals surface area contributed by atoms with Crippen molar-refractivity contribution < 1.29 is 4.79 Å². The molecule has 17 heavy (non-hydrogen) atoms. The summed E-state index contributed by atoms with van der Waals surface area (Å²) in [5.41, 5.74) is 7.60. The number of amides is 1. The minimum atomic E-state index is -0.0198. The molecule has 3 N–H and O–H groups in total. The number of benzene rings is 1. The fraction of sp³-hybridized carbons (Fsp3) is 0.357. The highest BCUT2D eigenvalue weighted by atomic mass is 16.1. The second kappa shape index (κ2) is 6.72. The van der Waals surface area contributed by atoms with Gasteiger partial charge >= 0.3 is 0 Å². The lowest BCUT2D eigenvalue weighted by Gasteiger charge is -2.12. The molecule has 0 radical (unpaired) electrons. The number of carbonyl (C=O) groups is 1. The zero-order valence-corrected chi connectivity index (χ0v) is 10.1. The van der Waals surface area contributed by atoms with Crippen molar-refractivity contribution in [2.24, 2.45) is 5.73 Å². The molecule has 0 bridgehead atoms. The van der Waals surface area contributed by atoms with Crippen molar-refractivity contribution in [3.05, 3.63) is 35.4 Å². The van der Waals surface area contributed by atoms with Crippen LogP contribution in [0.25, 0.3) is 0 Å². The number of hydrogen-bond acceptors (Lipinski definition) is 2. The Hall–Kier alpha value is -1.79. The Morgan fingerprint density at radius 2 is 2.12 bits per heavy atom. The minimum Gasteiger partial charge on any atom is -0.352 e. The Morgan fingerprint density at radius 3 is 2.71 bits per heavy atom. The first-order valence-electron chi connectivity index (χ1n) is 5.67. The quantitative estimate of drug-likeness (QED) is 0.747. The number of hydrogen-bond donors (Lipinski definition) is 2. The van der Waals surface area contributed by atoms with E-state index in [2.05, 4.69) is 11.2 Å². The SMILES string of the molecule is C#CCC(C)NC(=O)Cc1ccccc1CN. The van der Waals surface area contributed by atoms with E-state index >= 15 is 0 Å². The Balaban J connectivity index is 2.59. The van der Waals surface area contributed by atoms with Gasteiger partial charge < -0.3 is 11.1 Å². The highest BCUT2D eigenvalue weighted by Crippen LogP contribution is 2.08. The molecule has 1 atom stereocenters. The highest BCUT2D eigenvalue weighted by Gasteiger charge is 2.09. The molecule has 0 aliphatic heterocycles. The van der Waals surface area contributed by atoms with Gasteiger partial charge in [0.05, 0.1) is 6.42 Å². The molecule has 0 saturated carbocycles. The van der Waals surface area contributed by atoms with Crippen LogP contribution in [0.1, 0.15) is 24.5 Å². The molecule has 3 nitrogen and oxygen atoms in total. The van der Waals surface area contributed by atoms with Crippen LogP contribution >= 0.6 is 0 Å². The van der Waals surface area contributed by atoms with E-state index in [9.17, 15) is 4.79 Å². The third kappa shape index (κ3) is 4.29. The van der Waals surface area contributed by atoms with Gasteiger partial charge in [-0.15, -0.1) is 12.3 Å². The summed E-state index contributed by atoms with van der Waals surface area (Å²) >= 11 is 0. The van der Waals surface area contributed by atoms with Crippen molar-refractivity contribution in [1.82, 2.24) is 5.32 Å². The van der Waals surface area contributed by atoms with E-state index in [4.69, 9.17) is 12.2 Å². The van der Waals surface area contributed by atoms with E-state index in [0.717, 1.165) is 11.1 Å². The molecular weight excluding hydrogens is 212 g/mol. The second-order valence-corrected chi connectivity index (χ2v) is 4.03. The lowest BCUT2D eigenvalue weighted by Crippen LogP contribution is -2.33. The summed E-state index contributed by atoms with van der Waals surface area (Å²) < 4.78 is 0. The summed E-state index contributed by atoms with van der Waals surface area (Å²) in [4.78, 5) is 11.7. The predicted molar refractivity (Wildman–Crippen MR) is 69.1 cm³/mol. The summed E-state index contributed by atoms with van der Waals surface area (Å²) in [6.07, 6.45) is 6.08. The standard InChI is InChI=1S/C14H18N2O/c1-3-6-11(2)16-14(17)9-12-7-4-5-8-13(12)10-15/h1,4-5,7-8,11H,6,9-10,15H2,2H3,(H,16,17). The van der Waals surface area contributed by atoms with Crippen LogP contribution in [0.5, 0.6) is 0 Å². The second-order valence-electron chi connectivity index (χ2n) is 4.03. The third-order valence-corrected chi connectivity index (χ3v) is 2.52. The van der Waals surface area contributed by atoms with Gasteiger partial charge in [0.1, 0.15) is 0 Å². The molecule has 0 aliphatic carbocycles. The third-order valence-electron chi connectivity index (χ3n) is 2.52. The van der Waals surface area contributed by atoms with Gasteiger partial charge in [-0.2, -0.15) is 0 Å². The molecule has 0 spiro atoms.